The Morgan fingerprint density at radius 3 is 2.42 bits per heavy atom. The van der Waals surface area contributed by atoms with Crippen LogP contribution in [0, 0.1) is 11.3 Å². The van der Waals surface area contributed by atoms with Gasteiger partial charge in [-0.15, -0.1) is 0 Å². The van der Waals surface area contributed by atoms with Gasteiger partial charge in [-0.2, -0.15) is 13.2 Å². The molecular weight excluding hydrogens is 337 g/mol. The Morgan fingerprint density at radius 2 is 1.81 bits per heavy atom. The number of rotatable bonds is 5. The summed E-state index contributed by atoms with van der Waals surface area (Å²) in [5, 5.41) is 4.20. The Balaban J connectivity index is 1.68. The molecule has 1 fully saturated rings. The molecule has 26 heavy (non-hydrogen) atoms. The zero-order valence-corrected chi connectivity index (χ0v) is 15.5. The van der Waals surface area contributed by atoms with Gasteiger partial charge in [0.05, 0.1) is 11.1 Å². The largest absolute Gasteiger partial charge is 0.416 e. The van der Waals surface area contributed by atoms with Crippen LogP contribution in [-0.2, 0) is 6.18 Å². The first-order valence-electron chi connectivity index (χ1n) is 9.57. The number of aromatic nitrogens is 1. The van der Waals surface area contributed by atoms with E-state index in [2.05, 4.69) is 24.1 Å². The number of anilines is 1. The van der Waals surface area contributed by atoms with E-state index < -0.39 is 11.7 Å². The summed E-state index contributed by atoms with van der Waals surface area (Å²) >= 11 is 0. The van der Waals surface area contributed by atoms with Crippen molar-refractivity contribution in [2.45, 2.75) is 58.5 Å². The van der Waals surface area contributed by atoms with E-state index in [9.17, 15) is 13.2 Å². The molecule has 1 aromatic carbocycles. The Labute approximate surface area is 153 Å². The van der Waals surface area contributed by atoms with E-state index in [1.54, 1.807) is 6.20 Å². The summed E-state index contributed by atoms with van der Waals surface area (Å²) in [4.78, 5) is 4.11. The number of nitrogens with one attached hydrogen (secondary N) is 1. The van der Waals surface area contributed by atoms with Gasteiger partial charge >= 0.3 is 6.18 Å². The van der Waals surface area contributed by atoms with Crippen LogP contribution >= 0.6 is 0 Å². The van der Waals surface area contributed by atoms with Crippen molar-refractivity contribution in [3.8, 4) is 0 Å². The smallest absolute Gasteiger partial charge is 0.384 e. The van der Waals surface area contributed by atoms with Gasteiger partial charge in [0.25, 0.3) is 0 Å². The van der Waals surface area contributed by atoms with E-state index in [4.69, 9.17) is 0 Å². The maximum absolute atomic E-state index is 12.9. The molecule has 1 saturated carbocycles. The zero-order chi connectivity index (χ0) is 18.8. The van der Waals surface area contributed by atoms with Crippen LogP contribution < -0.4 is 5.32 Å². The van der Waals surface area contributed by atoms with Crippen LogP contribution in [0.1, 0.15) is 57.9 Å². The number of alkyl halides is 3. The van der Waals surface area contributed by atoms with Crippen molar-refractivity contribution in [1.82, 2.24) is 4.98 Å². The summed E-state index contributed by atoms with van der Waals surface area (Å²) in [5.74, 6) is 0.624. The molecular formula is C21H27F3N2. The Bertz CT molecular complexity index is 740. The molecule has 2 nitrogen and oxygen atoms in total. The molecule has 0 aliphatic heterocycles. The number of fused-ring (bicyclic) bond motifs is 1. The highest BCUT2D eigenvalue weighted by molar-refractivity contribution is 5.91. The van der Waals surface area contributed by atoms with Gasteiger partial charge in [0.15, 0.2) is 0 Å². The lowest BCUT2D eigenvalue weighted by molar-refractivity contribution is -0.137. The standard InChI is InChI=1S/C21H27F3N2/c1-3-20(4-2)10-7-15(8-11-20)14-26-18-9-12-25-19-13-16(21(22,23)24)5-6-17(18)19/h5-6,9,12-13,15H,3-4,7-8,10-11,14H2,1-2H3,(H,25,26). The van der Waals surface area contributed by atoms with Gasteiger partial charge < -0.3 is 5.32 Å². The molecule has 3 rings (SSSR count). The lowest BCUT2D eigenvalue weighted by Crippen LogP contribution is -2.29. The number of hydrogen-bond donors (Lipinski definition) is 1. The third-order valence-corrected chi connectivity index (χ3v) is 6.32. The van der Waals surface area contributed by atoms with Crippen molar-refractivity contribution < 1.29 is 13.2 Å². The van der Waals surface area contributed by atoms with Crippen LogP contribution in [0.5, 0.6) is 0 Å². The maximum Gasteiger partial charge on any atom is 0.416 e. The second-order valence-electron chi connectivity index (χ2n) is 7.62. The zero-order valence-electron chi connectivity index (χ0n) is 15.5. The molecule has 2 aromatic rings. The Kier molecular flexibility index (Phi) is 5.44. The van der Waals surface area contributed by atoms with Gasteiger partial charge in [0, 0.05) is 23.8 Å². The second-order valence-corrected chi connectivity index (χ2v) is 7.62. The van der Waals surface area contributed by atoms with Gasteiger partial charge in [0.1, 0.15) is 0 Å². The van der Waals surface area contributed by atoms with Gasteiger partial charge in [-0.1, -0.05) is 32.8 Å². The van der Waals surface area contributed by atoms with Gasteiger partial charge in [-0.05, 0) is 55.2 Å². The van der Waals surface area contributed by atoms with Crippen molar-refractivity contribution in [2.75, 3.05) is 11.9 Å². The summed E-state index contributed by atoms with van der Waals surface area (Å²) in [6.45, 7) is 5.45. The van der Waals surface area contributed by atoms with Crippen LogP contribution in [0.2, 0.25) is 0 Å². The van der Waals surface area contributed by atoms with Crippen molar-refractivity contribution in [2.24, 2.45) is 11.3 Å². The second kappa shape index (κ2) is 7.45. The number of halogens is 3. The molecule has 1 heterocycles. The number of nitrogens with zero attached hydrogens (tertiary/aromatic N) is 1. The van der Waals surface area contributed by atoms with Crippen LogP contribution in [0.4, 0.5) is 18.9 Å². The molecule has 1 aliphatic rings. The van der Waals surface area contributed by atoms with Crippen molar-refractivity contribution >= 4 is 16.6 Å². The number of hydrogen-bond acceptors (Lipinski definition) is 2. The molecule has 1 N–H and O–H groups in total. The molecule has 0 spiro atoms. The van der Waals surface area contributed by atoms with E-state index >= 15 is 0 Å². The highest BCUT2D eigenvalue weighted by Gasteiger charge is 2.32. The fraction of sp³-hybridized carbons (Fsp3) is 0.571. The summed E-state index contributed by atoms with van der Waals surface area (Å²) in [5.41, 5.74) is 1.11. The van der Waals surface area contributed by atoms with Gasteiger partial charge in [0.2, 0.25) is 0 Å². The maximum atomic E-state index is 12.9. The molecule has 0 atom stereocenters. The third-order valence-electron chi connectivity index (χ3n) is 6.32. The lowest BCUT2D eigenvalue weighted by Gasteiger charge is -2.39. The first-order chi connectivity index (χ1) is 12.4. The topological polar surface area (TPSA) is 24.9 Å². The molecule has 1 aromatic heterocycles. The first-order valence-corrected chi connectivity index (χ1v) is 9.57. The van der Waals surface area contributed by atoms with E-state index in [-0.39, 0.29) is 0 Å². The summed E-state index contributed by atoms with van der Waals surface area (Å²) in [6.07, 6.45) is 4.72. The minimum Gasteiger partial charge on any atom is -0.384 e. The SMILES string of the molecule is CCC1(CC)CCC(CNc2ccnc3cc(C(F)(F)F)ccc23)CC1. The molecule has 142 valence electrons. The van der Waals surface area contributed by atoms with E-state index in [1.165, 1.54) is 44.6 Å². The molecule has 1 aliphatic carbocycles. The van der Waals surface area contributed by atoms with Crippen molar-refractivity contribution in [3.63, 3.8) is 0 Å². The Hall–Kier alpha value is -1.78. The average molecular weight is 364 g/mol. The molecule has 0 amide bonds. The fourth-order valence-electron chi connectivity index (χ4n) is 4.18. The first kappa shape index (κ1) is 19.0. The molecule has 0 unspecified atom stereocenters. The minimum atomic E-state index is -4.34. The molecule has 0 bridgehead atoms. The van der Waals surface area contributed by atoms with Gasteiger partial charge in [-0.3, -0.25) is 4.98 Å². The quantitative estimate of drug-likeness (QED) is 0.641. The number of pyridine rings is 1. The molecule has 0 radical (unpaired) electrons. The van der Waals surface area contributed by atoms with E-state index in [1.807, 2.05) is 6.07 Å². The monoisotopic (exact) mass is 364 g/mol. The van der Waals surface area contributed by atoms with E-state index in [0.29, 0.717) is 16.8 Å². The minimum absolute atomic E-state index is 0.379. The Morgan fingerprint density at radius 1 is 1.12 bits per heavy atom. The van der Waals surface area contributed by atoms with Crippen molar-refractivity contribution in [3.05, 3.63) is 36.0 Å². The molecule has 0 saturated heterocycles. The van der Waals surface area contributed by atoms with Gasteiger partial charge in [-0.25, -0.2) is 0 Å². The van der Waals surface area contributed by atoms with Crippen LogP contribution in [0.3, 0.4) is 0 Å². The molecule has 5 heteroatoms. The third kappa shape index (κ3) is 3.97. The van der Waals surface area contributed by atoms with Crippen LogP contribution in [-0.4, -0.2) is 11.5 Å². The van der Waals surface area contributed by atoms with Crippen molar-refractivity contribution in [1.29, 1.82) is 0 Å². The van der Waals surface area contributed by atoms with E-state index in [0.717, 1.165) is 29.8 Å². The summed E-state index contributed by atoms with van der Waals surface area (Å²) in [6, 6.07) is 5.62. The predicted octanol–water partition coefficient (Wildman–Crippen LogP) is 6.66. The van der Waals surface area contributed by atoms with Crippen LogP contribution in [0.15, 0.2) is 30.5 Å². The number of benzene rings is 1. The highest BCUT2D eigenvalue weighted by Crippen LogP contribution is 2.44. The predicted molar refractivity (Wildman–Crippen MR) is 100 cm³/mol. The lowest BCUT2D eigenvalue weighted by atomic mass is 9.67. The normalized spacial score (nSPS) is 18.2. The highest BCUT2D eigenvalue weighted by atomic mass is 19.4. The summed E-state index contributed by atoms with van der Waals surface area (Å²) in [7, 11) is 0. The summed E-state index contributed by atoms with van der Waals surface area (Å²) < 4.78 is 38.7. The average Bonchev–Trinajstić information content (AvgIpc) is 2.65. The fourth-order valence-corrected chi connectivity index (χ4v) is 4.18. The van der Waals surface area contributed by atoms with Crippen LogP contribution in [0.25, 0.3) is 10.9 Å².